The van der Waals surface area contributed by atoms with Gasteiger partial charge in [0.05, 0.1) is 0 Å². The largest absolute Gasteiger partial charge is 0.486 e. The Bertz CT molecular complexity index is 459. The van der Waals surface area contributed by atoms with Gasteiger partial charge in [-0.1, -0.05) is 6.07 Å². The molecule has 0 aromatic heterocycles. The average molecular weight is 251 g/mol. The van der Waals surface area contributed by atoms with Gasteiger partial charge in [-0.2, -0.15) is 0 Å². The zero-order chi connectivity index (χ0) is 13.1. The monoisotopic (exact) mass is 251 g/mol. The van der Waals surface area contributed by atoms with E-state index < -0.39 is 5.97 Å². The van der Waals surface area contributed by atoms with Gasteiger partial charge in [0.25, 0.3) is 0 Å². The van der Waals surface area contributed by atoms with Gasteiger partial charge < -0.3 is 20.3 Å². The Labute approximate surface area is 106 Å². The standard InChI is InChI=1S/C13H17NO4/c1-8-6-9(10(14)2-3-12(15)16)13-11(7-8)17-4-5-18-13/h6-7,10H,2-5,14H2,1H3,(H,15,16). The van der Waals surface area contributed by atoms with Crippen molar-refractivity contribution < 1.29 is 19.4 Å². The number of hydrogen-bond donors (Lipinski definition) is 2. The van der Waals surface area contributed by atoms with Gasteiger partial charge in [0, 0.05) is 18.0 Å². The number of nitrogens with two attached hydrogens (primary N) is 1. The lowest BCUT2D eigenvalue weighted by Gasteiger charge is -2.24. The first-order valence-corrected chi connectivity index (χ1v) is 5.95. The van der Waals surface area contributed by atoms with Crippen LogP contribution in [0.15, 0.2) is 12.1 Å². The number of ether oxygens (including phenoxy) is 2. The van der Waals surface area contributed by atoms with Crippen molar-refractivity contribution in [2.45, 2.75) is 25.8 Å². The third kappa shape index (κ3) is 2.73. The lowest BCUT2D eigenvalue weighted by molar-refractivity contribution is -0.137. The normalized spacial score (nSPS) is 15.2. The molecule has 1 aromatic rings. The summed E-state index contributed by atoms with van der Waals surface area (Å²) in [4.78, 5) is 10.6. The highest BCUT2D eigenvalue weighted by Gasteiger charge is 2.21. The third-order valence-corrected chi connectivity index (χ3v) is 2.88. The molecule has 98 valence electrons. The minimum Gasteiger partial charge on any atom is -0.486 e. The summed E-state index contributed by atoms with van der Waals surface area (Å²) in [6, 6.07) is 3.48. The summed E-state index contributed by atoms with van der Waals surface area (Å²) in [6.45, 7) is 2.97. The van der Waals surface area contributed by atoms with E-state index in [9.17, 15) is 4.79 Å². The smallest absolute Gasteiger partial charge is 0.303 e. The number of carboxylic acid groups (broad SMARTS) is 1. The van der Waals surface area contributed by atoms with Gasteiger partial charge in [-0.25, -0.2) is 0 Å². The number of hydrogen-bond acceptors (Lipinski definition) is 4. The minimum absolute atomic E-state index is 0.0464. The summed E-state index contributed by atoms with van der Waals surface area (Å²) in [5.41, 5.74) is 7.89. The molecule has 0 amide bonds. The quantitative estimate of drug-likeness (QED) is 0.850. The molecule has 1 aliphatic heterocycles. The maximum atomic E-state index is 10.6. The highest BCUT2D eigenvalue weighted by atomic mass is 16.6. The van der Waals surface area contributed by atoms with E-state index in [1.807, 2.05) is 19.1 Å². The first kappa shape index (κ1) is 12.7. The summed E-state index contributed by atoms with van der Waals surface area (Å²) in [5.74, 6) is 0.510. The fourth-order valence-corrected chi connectivity index (χ4v) is 2.03. The molecule has 0 spiro atoms. The number of aryl methyl sites for hydroxylation is 1. The van der Waals surface area contributed by atoms with Gasteiger partial charge in [-0.05, 0) is 25.0 Å². The average Bonchev–Trinajstić information content (AvgIpc) is 2.34. The van der Waals surface area contributed by atoms with Crippen molar-refractivity contribution >= 4 is 5.97 Å². The van der Waals surface area contributed by atoms with Gasteiger partial charge in [0.2, 0.25) is 0 Å². The number of fused-ring (bicyclic) bond motifs is 1. The summed E-state index contributed by atoms with van der Waals surface area (Å²) in [6.07, 6.45) is 0.430. The van der Waals surface area contributed by atoms with Crippen molar-refractivity contribution in [3.05, 3.63) is 23.3 Å². The van der Waals surface area contributed by atoms with Crippen LogP contribution in [0.1, 0.15) is 30.0 Å². The Balaban J connectivity index is 2.25. The second kappa shape index (κ2) is 5.27. The molecular weight excluding hydrogens is 234 g/mol. The van der Waals surface area contributed by atoms with Gasteiger partial charge in [0.15, 0.2) is 11.5 Å². The molecule has 0 aliphatic carbocycles. The molecule has 2 rings (SSSR count). The van der Waals surface area contributed by atoms with E-state index in [1.165, 1.54) is 0 Å². The van der Waals surface area contributed by atoms with E-state index in [-0.39, 0.29) is 12.5 Å². The zero-order valence-corrected chi connectivity index (χ0v) is 10.3. The van der Waals surface area contributed by atoms with Gasteiger partial charge in [0.1, 0.15) is 13.2 Å². The van der Waals surface area contributed by atoms with Crippen molar-refractivity contribution in [2.24, 2.45) is 5.73 Å². The van der Waals surface area contributed by atoms with Crippen LogP contribution in [0.2, 0.25) is 0 Å². The van der Waals surface area contributed by atoms with Crippen LogP contribution < -0.4 is 15.2 Å². The first-order chi connectivity index (χ1) is 8.58. The van der Waals surface area contributed by atoms with Crippen LogP contribution in [0, 0.1) is 6.92 Å². The van der Waals surface area contributed by atoms with Crippen LogP contribution in [0.4, 0.5) is 0 Å². The highest BCUT2D eigenvalue weighted by Crippen LogP contribution is 2.38. The molecule has 1 aromatic carbocycles. The van der Waals surface area contributed by atoms with E-state index in [0.717, 1.165) is 11.1 Å². The molecule has 0 saturated carbocycles. The van der Waals surface area contributed by atoms with Crippen molar-refractivity contribution in [3.63, 3.8) is 0 Å². The summed E-state index contributed by atoms with van der Waals surface area (Å²) in [7, 11) is 0. The van der Waals surface area contributed by atoms with Crippen molar-refractivity contribution in [1.82, 2.24) is 0 Å². The molecule has 3 N–H and O–H groups in total. The Hall–Kier alpha value is -1.75. The number of rotatable bonds is 4. The molecule has 18 heavy (non-hydrogen) atoms. The van der Waals surface area contributed by atoms with E-state index in [4.69, 9.17) is 20.3 Å². The van der Waals surface area contributed by atoms with E-state index in [1.54, 1.807) is 0 Å². The predicted molar refractivity (Wildman–Crippen MR) is 66.0 cm³/mol. The second-order valence-corrected chi connectivity index (χ2v) is 4.42. The van der Waals surface area contributed by atoms with Crippen molar-refractivity contribution in [1.29, 1.82) is 0 Å². The number of carbonyl (C=O) groups is 1. The molecule has 1 heterocycles. The molecule has 5 nitrogen and oxygen atoms in total. The summed E-state index contributed by atoms with van der Waals surface area (Å²) in [5, 5.41) is 8.69. The van der Waals surface area contributed by atoms with E-state index >= 15 is 0 Å². The Kier molecular flexibility index (Phi) is 3.72. The highest BCUT2D eigenvalue weighted by molar-refractivity contribution is 5.66. The molecule has 0 bridgehead atoms. The van der Waals surface area contributed by atoms with Crippen LogP contribution in [0.25, 0.3) is 0 Å². The first-order valence-electron chi connectivity index (χ1n) is 5.95. The maximum absolute atomic E-state index is 10.6. The van der Waals surface area contributed by atoms with Gasteiger partial charge in [-0.15, -0.1) is 0 Å². The molecule has 1 atom stereocenters. The van der Waals surface area contributed by atoms with Crippen LogP contribution in [-0.4, -0.2) is 24.3 Å². The van der Waals surface area contributed by atoms with Crippen LogP contribution in [0.5, 0.6) is 11.5 Å². The SMILES string of the molecule is Cc1cc2c(c(C(N)CCC(=O)O)c1)OCCO2. The van der Waals surface area contributed by atoms with Gasteiger partial charge >= 0.3 is 5.97 Å². The maximum Gasteiger partial charge on any atom is 0.303 e. The molecular formula is C13H17NO4. The van der Waals surface area contributed by atoms with Gasteiger partial charge in [-0.3, -0.25) is 4.79 Å². The molecule has 0 fully saturated rings. The third-order valence-electron chi connectivity index (χ3n) is 2.88. The zero-order valence-electron chi connectivity index (χ0n) is 10.3. The fraction of sp³-hybridized carbons (Fsp3) is 0.462. The van der Waals surface area contributed by atoms with Crippen molar-refractivity contribution in [3.8, 4) is 11.5 Å². The van der Waals surface area contributed by atoms with E-state index in [0.29, 0.717) is 31.1 Å². The second-order valence-electron chi connectivity index (χ2n) is 4.42. The molecule has 0 saturated heterocycles. The molecule has 5 heteroatoms. The number of carboxylic acids is 1. The summed E-state index contributed by atoms with van der Waals surface area (Å²) >= 11 is 0. The number of benzene rings is 1. The van der Waals surface area contributed by atoms with Crippen LogP contribution in [-0.2, 0) is 4.79 Å². The minimum atomic E-state index is -0.843. The molecule has 1 aliphatic rings. The Morgan fingerprint density at radius 2 is 2.17 bits per heavy atom. The molecule has 0 radical (unpaired) electrons. The van der Waals surface area contributed by atoms with Crippen molar-refractivity contribution in [2.75, 3.05) is 13.2 Å². The predicted octanol–water partition coefficient (Wildman–Crippen LogP) is 1.63. The Morgan fingerprint density at radius 1 is 1.44 bits per heavy atom. The topological polar surface area (TPSA) is 81.8 Å². The summed E-state index contributed by atoms with van der Waals surface area (Å²) < 4.78 is 11.1. The lowest BCUT2D eigenvalue weighted by atomic mass is 9.99. The Morgan fingerprint density at radius 3 is 2.89 bits per heavy atom. The van der Waals surface area contributed by atoms with Crippen LogP contribution >= 0.6 is 0 Å². The molecule has 1 unspecified atom stereocenters. The lowest BCUT2D eigenvalue weighted by Crippen LogP contribution is -2.20. The van der Waals surface area contributed by atoms with E-state index in [2.05, 4.69) is 0 Å². The van der Waals surface area contributed by atoms with Crippen LogP contribution in [0.3, 0.4) is 0 Å². The fourth-order valence-electron chi connectivity index (χ4n) is 2.03. The number of aliphatic carboxylic acids is 1.